The average molecular weight is 297 g/mol. The number of nitrogens with zero attached hydrogens (tertiary/aromatic N) is 2. The topological polar surface area (TPSA) is 45.2 Å². The van der Waals surface area contributed by atoms with Gasteiger partial charge < -0.3 is 10.2 Å². The maximum atomic E-state index is 13.1. The number of benzene rings is 1. The molecule has 1 aromatic carbocycles. The molecule has 22 heavy (non-hydrogen) atoms. The van der Waals surface area contributed by atoms with Gasteiger partial charge in [0, 0.05) is 24.2 Å². The van der Waals surface area contributed by atoms with E-state index in [1.54, 1.807) is 6.20 Å². The molecule has 1 N–H and O–H groups in total. The molecule has 0 radical (unpaired) electrons. The van der Waals surface area contributed by atoms with Crippen LogP contribution in [-0.2, 0) is 0 Å². The first-order chi connectivity index (χ1) is 10.8. The molecule has 2 heterocycles. The normalized spacial score (nSPS) is 15.9. The van der Waals surface area contributed by atoms with Gasteiger partial charge in [-0.15, -0.1) is 0 Å². The molecule has 116 valence electrons. The average Bonchev–Trinajstić information content (AvgIpc) is 2.59. The van der Waals surface area contributed by atoms with Crippen molar-refractivity contribution in [1.29, 1.82) is 0 Å². The van der Waals surface area contributed by atoms with Crippen molar-refractivity contribution in [3.05, 3.63) is 42.2 Å². The fourth-order valence-corrected chi connectivity index (χ4v) is 3.24. The monoisotopic (exact) mass is 297 g/mol. The van der Waals surface area contributed by atoms with Gasteiger partial charge >= 0.3 is 0 Å². The van der Waals surface area contributed by atoms with E-state index in [0.717, 1.165) is 49.7 Å². The summed E-state index contributed by atoms with van der Waals surface area (Å²) < 4.78 is 0. The number of carbonyl (C=O) groups is 1. The summed E-state index contributed by atoms with van der Waals surface area (Å²) in [5, 5.41) is 5.39. The van der Waals surface area contributed by atoms with Crippen LogP contribution >= 0.6 is 0 Å². The van der Waals surface area contributed by atoms with Crippen LogP contribution in [0.5, 0.6) is 0 Å². The molecular formula is C18H23N3O. The highest BCUT2D eigenvalue weighted by molar-refractivity contribution is 6.05. The lowest BCUT2D eigenvalue weighted by molar-refractivity contribution is 0.0639. The fraction of sp³-hybridized carbons (Fsp3) is 0.444. The van der Waals surface area contributed by atoms with Gasteiger partial charge in [0.2, 0.25) is 0 Å². The molecule has 1 fully saturated rings. The lowest BCUT2D eigenvalue weighted by Crippen LogP contribution is -2.46. The van der Waals surface area contributed by atoms with Crippen molar-refractivity contribution in [3.8, 4) is 0 Å². The summed E-state index contributed by atoms with van der Waals surface area (Å²) in [5.74, 6) is 0.0746. The van der Waals surface area contributed by atoms with Crippen LogP contribution in [0.2, 0.25) is 0 Å². The molecule has 0 spiro atoms. The van der Waals surface area contributed by atoms with Crippen LogP contribution in [0.4, 0.5) is 0 Å². The Morgan fingerprint density at radius 2 is 2.05 bits per heavy atom. The van der Waals surface area contributed by atoms with Gasteiger partial charge in [0.15, 0.2) is 0 Å². The third-order valence-electron chi connectivity index (χ3n) is 4.35. The number of aromatic nitrogens is 1. The van der Waals surface area contributed by atoms with Crippen LogP contribution in [0.3, 0.4) is 0 Å². The van der Waals surface area contributed by atoms with Crippen LogP contribution in [0.25, 0.3) is 10.8 Å². The Kier molecular flexibility index (Phi) is 4.68. The second-order valence-electron chi connectivity index (χ2n) is 5.86. The van der Waals surface area contributed by atoms with Gasteiger partial charge in [0.25, 0.3) is 5.91 Å². The zero-order valence-electron chi connectivity index (χ0n) is 13.1. The molecule has 2 aromatic rings. The Hall–Kier alpha value is -1.94. The van der Waals surface area contributed by atoms with Gasteiger partial charge in [-0.25, -0.2) is 0 Å². The number of piperidine rings is 1. The number of carbonyl (C=O) groups excluding carboxylic acids is 1. The minimum atomic E-state index is 0.0746. The molecular weight excluding hydrogens is 274 g/mol. The number of fused-ring (bicyclic) bond motifs is 1. The SMILES string of the molecule is CCCN(C(=O)c1nccc2ccccc12)C1CCNCC1. The smallest absolute Gasteiger partial charge is 0.273 e. The highest BCUT2D eigenvalue weighted by Gasteiger charge is 2.27. The minimum absolute atomic E-state index is 0.0746. The van der Waals surface area contributed by atoms with Crippen molar-refractivity contribution in [2.24, 2.45) is 0 Å². The number of hydrogen-bond donors (Lipinski definition) is 1. The Balaban J connectivity index is 1.94. The summed E-state index contributed by atoms with van der Waals surface area (Å²) in [6.07, 6.45) is 4.76. The predicted molar refractivity (Wildman–Crippen MR) is 89.0 cm³/mol. The number of hydrogen-bond acceptors (Lipinski definition) is 3. The Bertz CT molecular complexity index is 644. The van der Waals surface area contributed by atoms with Crippen molar-refractivity contribution in [2.45, 2.75) is 32.2 Å². The van der Waals surface area contributed by atoms with E-state index in [1.165, 1.54) is 0 Å². The number of pyridine rings is 1. The highest BCUT2D eigenvalue weighted by atomic mass is 16.2. The molecule has 1 saturated heterocycles. The van der Waals surface area contributed by atoms with E-state index >= 15 is 0 Å². The largest absolute Gasteiger partial charge is 0.334 e. The van der Waals surface area contributed by atoms with Crippen molar-refractivity contribution in [3.63, 3.8) is 0 Å². The first-order valence-corrected chi connectivity index (χ1v) is 8.16. The standard InChI is InChI=1S/C18H23N3O/c1-2-13-21(15-8-10-19-11-9-15)18(22)17-16-6-4-3-5-14(16)7-12-20-17/h3-7,12,15,19H,2,8-11,13H2,1H3. The third-order valence-corrected chi connectivity index (χ3v) is 4.35. The molecule has 1 aliphatic rings. The first-order valence-electron chi connectivity index (χ1n) is 8.16. The zero-order chi connectivity index (χ0) is 15.4. The summed E-state index contributed by atoms with van der Waals surface area (Å²) >= 11 is 0. The first kappa shape index (κ1) is 15.0. The second-order valence-corrected chi connectivity index (χ2v) is 5.86. The Labute approximate surface area is 131 Å². The maximum Gasteiger partial charge on any atom is 0.273 e. The predicted octanol–water partition coefficient (Wildman–Crippen LogP) is 2.84. The van der Waals surface area contributed by atoms with E-state index in [0.29, 0.717) is 11.7 Å². The van der Waals surface area contributed by atoms with Crippen molar-refractivity contribution < 1.29 is 4.79 Å². The fourth-order valence-electron chi connectivity index (χ4n) is 3.24. The number of rotatable bonds is 4. The summed E-state index contributed by atoms with van der Waals surface area (Å²) in [5.41, 5.74) is 0.588. The molecule has 0 aliphatic carbocycles. The lowest BCUT2D eigenvalue weighted by atomic mass is 10.0. The van der Waals surface area contributed by atoms with Gasteiger partial charge in [-0.05, 0) is 43.8 Å². The van der Waals surface area contributed by atoms with Crippen molar-refractivity contribution in [2.75, 3.05) is 19.6 Å². The highest BCUT2D eigenvalue weighted by Crippen LogP contribution is 2.21. The van der Waals surface area contributed by atoms with Gasteiger partial charge in [0.1, 0.15) is 5.69 Å². The summed E-state index contributed by atoms with van der Waals surface area (Å²) in [4.78, 5) is 19.5. The van der Waals surface area contributed by atoms with E-state index < -0.39 is 0 Å². The van der Waals surface area contributed by atoms with E-state index in [4.69, 9.17) is 0 Å². The molecule has 0 saturated carbocycles. The quantitative estimate of drug-likeness (QED) is 0.944. The second kappa shape index (κ2) is 6.88. The van der Waals surface area contributed by atoms with Gasteiger partial charge in [-0.3, -0.25) is 9.78 Å². The molecule has 3 rings (SSSR count). The number of amides is 1. The van der Waals surface area contributed by atoms with E-state index in [2.05, 4.69) is 17.2 Å². The van der Waals surface area contributed by atoms with Crippen LogP contribution in [0, 0.1) is 0 Å². The Morgan fingerprint density at radius 3 is 2.82 bits per heavy atom. The molecule has 1 aliphatic heterocycles. The van der Waals surface area contributed by atoms with Crippen LogP contribution in [0.1, 0.15) is 36.7 Å². The van der Waals surface area contributed by atoms with Crippen molar-refractivity contribution >= 4 is 16.7 Å². The summed E-state index contributed by atoms with van der Waals surface area (Å²) in [6.45, 7) is 4.90. The Morgan fingerprint density at radius 1 is 1.27 bits per heavy atom. The molecule has 0 bridgehead atoms. The van der Waals surface area contributed by atoms with Gasteiger partial charge in [0.05, 0.1) is 0 Å². The third kappa shape index (κ3) is 2.97. The van der Waals surface area contributed by atoms with Crippen LogP contribution < -0.4 is 5.32 Å². The summed E-state index contributed by atoms with van der Waals surface area (Å²) in [6, 6.07) is 10.3. The molecule has 4 heteroatoms. The van der Waals surface area contributed by atoms with Gasteiger partial charge in [-0.2, -0.15) is 0 Å². The van der Waals surface area contributed by atoms with Crippen LogP contribution in [-0.4, -0.2) is 41.5 Å². The molecule has 1 aromatic heterocycles. The maximum absolute atomic E-state index is 13.1. The van der Waals surface area contributed by atoms with Gasteiger partial charge in [-0.1, -0.05) is 31.2 Å². The molecule has 0 unspecified atom stereocenters. The lowest BCUT2D eigenvalue weighted by Gasteiger charge is -2.34. The molecule has 4 nitrogen and oxygen atoms in total. The zero-order valence-corrected chi connectivity index (χ0v) is 13.1. The number of nitrogens with one attached hydrogen (secondary N) is 1. The molecule has 0 atom stereocenters. The van der Waals surface area contributed by atoms with Crippen molar-refractivity contribution in [1.82, 2.24) is 15.2 Å². The van der Waals surface area contributed by atoms with E-state index in [-0.39, 0.29) is 5.91 Å². The van der Waals surface area contributed by atoms with E-state index in [9.17, 15) is 4.79 Å². The van der Waals surface area contributed by atoms with Crippen LogP contribution in [0.15, 0.2) is 36.5 Å². The minimum Gasteiger partial charge on any atom is -0.334 e. The summed E-state index contributed by atoms with van der Waals surface area (Å²) in [7, 11) is 0. The van der Waals surface area contributed by atoms with E-state index in [1.807, 2.05) is 35.2 Å². The molecule has 1 amide bonds.